The van der Waals surface area contributed by atoms with Crippen molar-refractivity contribution in [3.8, 4) is 0 Å². The molecular formula is C18H21ClNO5P. The number of rotatable bonds is 8. The summed E-state index contributed by atoms with van der Waals surface area (Å²) in [4.78, 5) is 10.5. The van der Waals surface area contributed by atoms with E-state index in [0.717, 1.165) is 0 Å². The lowest BCUT2D eigenvalue weighted by Crippen LogP contribution is -2.27. The molecule has 140 valence electrons. The molecule has 0 heterocycles. The van der Waals surface area contributed by atoms with Gasteiger partial charge >= 0.3 is 7.60 Å². The van der Waals surface area contributed by atoms with Crippen molar-refractivity contribution in [1.29, 1.82) is 0 Å². The van der Waals surface area contributed by atoms with Gasteiger partial charge in [-0.2, -0.15) is 0 Å². The summed E-state index contributed by atoms with van der Waals surface area (Å²) in [5, 5.41) is 9.93. The Labute approximate surface area is 157 Å². The highest BCUT2D eigenvalue weighted by Crippen LogP contribution is 2.68. The number of halogens is 1. The molecular weight excluding hydrogens is 377 g/mol. The maximum Gasteiger partial charge on any atom is 0.345 e. The zero-order valence-electron chi connectivity index (χ0n) is 14.8. The van der Waals surface area contributed by atoms with Gasteiger partial charge in [0.2, 0.25) is 0 Å². The van der Waals surface area contributed by atoms with E-state index in [9.17, 15) is 14.7 Å². The lowest BCUT2D eigenvalue weighted by molar-refractivity contribution is -0.384. The van der Waals surface area contributed by atoms with Crippen LogP contribution >= 0.6 is 19.2 Å². The third kappa shape index (κ3) is 3.69. The van der Waals surface area contributed by atoms with E-state index in [1.807, 2.05) is 30.3 Å². The second kappa shape index (κ2) is 8.31. The molecule has 2 aromatic carbocycles. The van der Waals surface area contributed by atoms with E-state index < -0.39 is 17.7 Å². The van der Waals surface area contributed by atoms with Crippen LogP contribution in [0.1, 0.15) is 31.9 Å². The molecule has 8 heteroatoms. The Balaban J connectivity index is 2.77. The van der Waals surface area contributed by atoms with Crippen LogP contribution in [0.4, 0.5) is 5.69 Å². The maximum absolute atomic E-state index is 13.8. The molecule has 0 aliphatic rings. The summed E-state index contributed by atoms with van der Waals surface area (Å²) >= 11 is 6.38. The van der Waals surface area contributed by atoms with Gasteiger partial charge in [0.1, 0.15) is 5.16 Å². The first kappa shape index (κ1) is 20.6. The van der Waals surface area contributed by atoms with Gasteiger partial charge in [-0.05, 0) is 38.0 Å². The van der Waals surface area contributed by atoms with Crippen LogP contribution in [0.25, 0.3) is 0 Å². The predicted octanol–water partition coefficient (Wildman–Crippen LogP) is 5.78. The monoisotopic (exact) mass is 397 g/mol. The fourth-order valence-electron chi connectivity index (χ4n) is 2.87. The first-order valence-corrected chi connectivity index (χ1v) is 10.1. The molecule has 0 aromatic heterocycles. The Bertz CT molecular complexity index is 820. The summed E-state index contributed by atoms with van der Waals surface area (Å²) in [7, 11) is -3.71. The van der Waals surface area contributed by atoms with Gasteiger partial charge in [-0.3, -0.25) is 14.7 Å². The van der Waals surface area contributed by atoms with Gasteiger partial charge in [0.25, 0.3) is 5.69 Å². The van der Waals surface area contributed by atoms with Crippen molar-refractivity contribution in [3.05, 3.63) is 74.8 Å². The highest BCUT2D eigenvalue weighted by Gasteiger charge is 2.51. The predicted molar refractivity (Wildman–Crippen MR) is 102 cm³/mol. The van der Waals surface area contributed by atoms with Gasteiger partial charge in [-0.15, -0.1) is 0 Å². The molecule has 0 saturated heterocycles. The van der Waals surface area contributed by atoms with Gasteiger partial charge in [-0.1, -0.05) is 41.9 Å². The van der Waals surface area contributed by atoms with Crippen molar-refractivity contribution < 1.29 is 18.5 Å². The Morgan fingerprint density at radius 2 is 1.69 bits per heavy atom. The number of nitro groups is 1. The van der Waals surface area contributed by atoms with E-state index in [0.29, 0.717) is 11.1 Å². The Hall–Kier alpha value is -1.72. The SMILES string of the molecule is CCOP(=O)(OCC)C(C)(c1ccccc1)c1ccc([N+](=O)[O-])cc1Cl. The minimum Gasteiger partial charge on any atom is -0.308 e. The summed E-state index contributed by atoms with van der Waals surface area (Å²) in [6.07, 6.45) is 0. The van der Waals surface area contributed by atoms with Gasteiger partial charge < -0.3 is 9.05 Å². The second-order valence-corrected chi connectivity index (χ2v) is 8.51. The smallest absolute Gasteiger partial charge is 0.308 e. The summed E-state index contributed by atoms with van der Waals surface area (Å²) in [6.45, 7) is 5.55. The molecule has 0 aliphatic carbocycles. The zero-order valence-corrected chi connectivity index (χ0v) is 16.5. The fraction of sp³-hybridized carbons (Fsp3) is 0.333. The van der Waals surface area contributed by atoms with E-state index in [1.54, 1.807) is 20.8 Å². The molecule has 2 aromatic rings. The molecule has 0 saturated carbocycles. The molecule has 0 N–H and O–H groups in total. The summed E-state index contributed by atoms with van der Waals surface area (Å²) in [5.74, 6) is 0. The molecule has 0 spiro atoms. The van der Waals surface area contributed by atoms with Crippen LogP contribution in [0, 0.1) is 10.1 Å². The van der Waals surface area contributed by atoms with Crippen molar-refractivity contribution in [2.45, 2.75) is 25.9 Å². The zero-order chi connectivity index (χ0) is 19.4. The van der Waals surface area contributed by atoms with Gasteiger partial charge in [0.15, 0.2) is 0 Å². The van der Waals surface area contributed by atoms with Crippen molar-refractivity contribution in [2.75, 3.05) is 13.2 Å². The van der Waals surface area contributed by atoms with Crippen molar-refractivity contribution in [1.82, 2.24) is 0 Å². The molecule has 0 amide bonds. The third-order valence-electron chi connectivity index (χ3n) is 4.17. The average Bonchev–Trinajstić information content (AvgIpc) is 2.62. The van der Waals surface area contributed by atoms with Crippen molar-refractivity contribution in [3.63, 3.8) is 0 Å². The lowest BCUT2D eigenvalue weighted by Gasteiger charge is -2.37. The van der Waals surface area contributed by atoms with Crippen LogP contribution in [0.15, 0.2) is 48.5 Å². The molecule has 0 radical (unpaired) electrons. The van der Waals surface area contributed by atoms with Gasteiger partial charge in [0.05, 0.1) is 23.2 Å². The molecule has 0 aliphatic heterocycles. The Morgan fingerprint density at radius 1 is 1.12 bits per heavy atom. The average molecular weight is 398 g/mol. The highest BCUT2D eigenvalue weighted by atomic mass is 35.5. The third-order valence-corrected chi connectivity index (χ3v) is 7.27. The van der Waals surface area contributed by atoms with Gasteiger partial charge in [0, 0.05) is 12.1 Å². The van der Waals surface area contributed by atoms with Crippen LogP contribution in [-0.4, -0.2) is 18.1 Å². The van der Waals surface area contributed by atoms with Crippen LogP contribution in [0.3, 0.4) is 0 Å². The summed E-state index contributed by atoms with van der Waals surface area (Å²) < 4.78 is 25.0. The number of nitrogens with zero attached hydrogens (tertiary/aromatic N) is 1. The fourth-order valence-corrected chi connectivity index (χ4v) is 5.53. The van der Waals surface area contributed by atoms with Crippen LogP contribution in [-0.2, 0) is 18.8 Å². The topological polar surface area (TPSA) is 78.7 Å². The number of nitro benzene ring substituents is 1. The van der Waals surface area contributed by atoms with E-state index in [1.165, 1.54) is 18.2 Å². The summed E-state index contributed by atoms with van der Waals surface area (Å²) in [6, 6.07) is 13.2. The van der Waals surface area contributed by atoms with E-state index in [4.69, 9.17) is 20.6 Å². The van der Waals surface area contributed by atoms with E-state index >= 15 is 0 Å². The molecule has 0 fully saturated rings. The molecule has 0 bridgehead atoms. The van der Waals surface area contributed by atoms with Crippen LogP contribution in [0.5, 0.6) is 0 Å². The number of hydrogen-bond acceptors (Lipinski definition) is 5. The number of non-ortho nitro benzene ring substituents is 1. The normalized spacial score (nSPS) is 14.0. The largest absolute Gasteiger partial charge is 0.345 e. The standard InChI is InChI=1S/C18H21ClNO5P/c1-4-24-26(23,25-5-2)18(3,14-9-7-6-8-10-14)16-12-11-15(20(21)22)13-17(16)19/h6-13H,4-5H2,1-3H3. The van der Waals surface area contributed by atoms with Gasteiger partial charge in [-0.25, -0.2) is 0 Å². The second-order valence-electron chi connectivity index (χ2n) is 5.69. The highest BCUT2D eigenvalue weighted by molar-refractivity contribution is 7.55. The molecule has 6 nitrogen and oxygen atoms in total. The van der Waals surface area contributed by atoms with Crippen LogP contribution in [0.2, 0.25) is 5.02 Å². The minimum absolute atomic E-state index is 0.130. The lowest BCUT2D eigenvalue weighted by atomic mass is 9.91. The Morgan fingerprint density at radius 3 is 2.15 bits per heavy atom. The van der Waals surface area contributed by atoms with Crippen molar-refractivity contribution in [2.24, 2.45) is 0 Å². The molecule has 1 unspecified atom stereocenters. The Kier molecular flexibility index (Phi) is 6.58. The first-order valence-electron chi connectivity index (χ1n) is 8.19. The molecule has 1 atom stereocenters. The number of benzene rings is 2. The van der Waals surface area contributed by atoms with E-state index in [-0.39, 0.29) is 23.9 Å². The first-order chi connectivity index (χ1) is 12.3. The van der Waals surface area contributed by atoms with E-state index in [2.05, 4.69) is 0 Å². The maximum atomic E-state index is 13.8. The quantitative estimate of drug-likeness (QED) is 0.320. The van der Waals surface area contributed by atoms with Crippen LogP contribution < -0.4 is 0 Å². The molecule has 2 rings (SSSR count). The minimum atomic E-state index is -3.71. The molecule has 26 heavy (non-hydrogen) atoms. The number of hydrogen-bond donors (Lipinski definition) is 0. The summed E-state index contributed by atoms with van der Waals surface area (Å²) in [5.41, 5.74) is 0.985. The van der Waals surface area contributed by atoms with Crippen molar-refractivity contribution >= 4 is 24.9 Å².